The Bertz CT molecular complexity index is 152. The fraction of sp³-hybridized carbons (Fsp3) is 0.833. The number of β-amino-alcohol motifs (C(OH)–C–C–N with tert-alkyl or cyclic N) is 2. The first kappa shape index (κ1) is 8.45. The topological polar surface area (TPSA) is 86.8 Å². The molecule has 1 saturated heterocycles. The van der Waals surface area contributed by atoms with Crippen LogP contribution in [0.3, 0.4) is 0 Å². The highest BCUT2D eigenvalue weighted by molar-refractivity contribution is 5.78. The highest BCUT2D eigenvalue weighted by atomic mass is 16.3. The minimum Gasteiger partial charge on any atom is -0.388 e. The zero-order chi connectivity index (χ0) is 8.43. The first-order valence-corrected chi connectivity index (χ1v) is 3.49. The third-order valence-electron chi connectivity index (χ3n) is 1.79. The van der Waals surface area contributed by atoms with Gasteiger partial charge in [0, 0.05) is 13.1 Å². The van der Waals surface area contributed by atoms with E-state index in [2.05, 4.69) is 0 Å². The Balaban J connectivity index is 2.46. The number of carbonyl (C=O) groups excluding carboxylic acids is 1. The molecule has 0 bridgehead atoms. The average Bonchev–Trinajstić information content (AvgIpc) is 2.31. The van der Waals surface area contributed by atoms with Gasteiger partial charge in [0.25, 0.3) is 0 Å². The molecule has 4 N–H and O–H groups in total. The predicted molar refractivity (Wildman–Crippen MR) is 37.6 cm³/mol. The lowest BCUT2D eigenvalue weighted by molar-refractivity contribution is -0.129. The third kappa shape index (κ3) is 1.68. The summed E-state index contributed by atoms with van der Waals surface area (Å²) in [5.41, 5.74) is 5.09. The molecule has 5 nitrogen and oxygen atoms in total. The number of hydrogen-bond donors (Lipinski definition) is 3. The first-order valence-electron chi connectivity index (χ1n) is 3.49. The van der Waals surface area contributed by atoms with E-state index in [-0.39, 0.29) is 25.5 Å². The number of rotatable bonds is 1. The fourth-order valence-corrected chi connectivity index (χ4v) is 1.10. The summed E-state index contributed by atoms with van der Waals surface area (Å²) in [6.45, 7) is 0.313. The van der Waals surface area contributed by atoms with E-state index in [1.165, 1.54) is 4.90 Å². The van der Waals surface area contributed by atoms with Crippen LogP contribution >= 0.6 is 0 Å². The van der Waals surface area contributed by atoms with Crippen LogP contribution in [0.4, 0.5) is 0 Å². The zero-order valence-corrected chi connectivity index (χ0v) is 6.10. The van der Waals surface area contributed by atoms with Gasteiger partial charge in [-0.2, -0.15) is 0 Å². The van der Waals surface area contributed by atoms with Crippen LogP contribution in [0.15, 0.2) is 0 Å². The zero-order valence-electron chi connectivity index (χ0n) is 6.10. The molecule has 1 rings (SSSR count). The molecule has 1 aliphatic rings. The standard InChI is InChI=1S/C6H12N2O3/c7-1-6(11)8-2-4(9)5(10)3-8/h4-5,9-10H,1-3,7H2. The molecule has 1 fully saturated rings. The molecule has 1 heterocycles. The van der Waals surface area contributed by atoms with E-state index in [0.29, 0.717) is 0 Å². The fourth-order valence-electron chi connectivity index (χ4n) is 1.10. The highest BCUT2D eigenvalue weighted by Gasteiger charge is 2.31. The van der Waals surface area contributed by atoms with Crippen molar-refractivity contribution in [2.45, 2.75) is 12.2 Å². The molecule has 64 valence electrons. The van der Waals surface area contributed by atoms with Crippen LogP contribution in [0.1, 0.15) is 0 Å². The summed E-state index contributed by atoms with van der Waals surface area (Å²) < 4.78 is 0. The molecule has 0 radical (unpaired) electrons. The van der Waals surface area contributed by atoms with Crippen LogP contribution in [0.25, 0.3) is 0 Å². The second kappa shape index (κ2) is 3.17. The first-order chi connectivity index (χ1) is 5.15. The molecule has 0 saturated carbocycles. The van der Waals surface area contributed by atoms with E-state index >= 15 is 0 Å². The summed E-state index contributed by atoms with van der Waals surface area (Å²) in [6.07, 6.45) is -1.63. The maximum Gasteiger partial charge on any atom is 0.236 e. The van der Waals surface area contributed by atoms with Crippen molar-refractivity contribution in [2.24, 2.45) is 5.73 Å². The monoisotopic (exact) mass is 160 g/mol. The smallest absolute Gasteiger partial charge is 0.236 e. The molecule has 11 heavy (non-hydrogen) atoms. The van der Waals surface area contributed by atoms with Crippen molar-refractivity contribution in [3.63, 3.8) is 0 Å². The van der Waals surface area contributed by atoms with Crippen LogP contribution in [-0.4, -0.2) is 52.9 Å². The van der Waals surface area contributed by atoms with Crippen molar-refractivity contribution < 1.29 is 15.0 Å². The Morgan fingerprint density at radius 1 is 1.45 bits per heavy atom. The summed E-state index contributed by atoms with van der Waals surface area (Å²) in [5.74, 6) is -0.236. The molecule has 0 aromatic rings. The van der Waals surface area contributed by atoms with E-state index < -0.39 is 12.2 Å². The van der Waals surface area contributed by atoms with Gasteiger partial charge in [0.1, 0.15) is 0 Å². The molecule has 2 atom stereocenters. The van der Waals surface area contributed by atoms with Crippen molar-refractivity contribution >= 4 is 5.91 Å². The van der Waals surface area contributed by atoms with E-state index in [1.54, 1.807) is 0 Å². The number of nitrogens with two attached hydrogens (primary N) is 1. The molecule has 0 aromatic heterocycles. The van der Waals surface area contributed by atoms with Gasteiger partial charge in [-0.25, -0.2) is 0 Å². The van der Waals surface area contributed by atoms with Gasteiger partial charge in [0.2, 0.25) is 5.91 Å². The lowest BCUT2D eigenvalue weighted by atomic mass is 10.3. The Labute approximate surface area is 64.4 Å². The Morgan fingerprint density at radius 3 is 2.27 bits per heavy atom. The van der Waals surface area contributed by atoms with Gasteiger partial charge < -0.3 is 20.8 Å². The second-order valence-corrected chi connectivity index (χ2v) is 2.64. The maximum absolute atomic E-state index is 10.9. The van der Waals surface area contributed by atoms with Gasteiger partial charge >= 0.3 is 0 Å². The number of aliphatic hydroxyl groups is 2. The molecule has 5 heteroatoms. The minimum absolute atomic E-state index is 0.0700. The number of hydrogen-bond acceptors (Lipinski definition) is 4. The molecular weight excluding hydrogens is 148 g/mol. The van der Waals surface area contributed by atoms with Crippen molar-refractivity contribution in [3.8, 4) is 0 Å². The molecule has 1 aliphatic heterocycles. The summed E-state index contributed by atoms with van der Waals surface area (Å²) in [4.78, 5) is 12.2. The summed E-state index contributed by atoms with van der Waals surface area (Å²) in [6, 6.07) is 0. The largest absolute Gasteiger partial charge is 0.388 e. The molecule has 0 aromatic carbocycles. The molecule has 0 spiro atoms. The third-order valence-corrected chi connectivity index (χ3v) is 1.79. The average molecular weight is 160 g/mol. The van der Waals surface area contributed by atoms with Crippen LogP contribution in [0, 0.1) is 0 Å². The number of aliphatic hydroxyl groups excluding tert-OH is 2. The Hall–Kier alpha value is -0.650. The van der Waals surface area contributed by atoms with Crippen LogP contribution in [-0.2, 0) is 4.79 Å². The number of nitrogens with zero attached hydrogens (tertiary/aromatic N) is 1. The van der Waals surface area contributed by atoms with E-state index in [0.717, 1.165) is 0 Å². The molecule has 1 amide bonds. The van der Waals surface area contributed by atoms with Gasteiger partial charge in [0.15, 0.2) is 0 Å². The number of likely N-dealkylation sites (tertiary alicyclic amines) is 1. The molecule has 0 aliphatic carbocycles. The SMILES string of the molecule is NCC(=O)N1CC(O)C(O)C1. The number of amides is 1. The van der Waals surface area contributed by atoms with Crippen LogP contribution < -0.4 is 5.73 Å². The van der Waals surface area contributed by atoms with E-state index in [4.69, 9.17) is 15.9 Å². The maximum atomic E-state index is 10.9. The van der Waals surface area contributed by atoms with E-state index in [9.17, 15) is 4.79 Å². The van der Waals surface area contributed by atoms with Gasteiger partial charge in [-0.05, 0) is 0 Å². The van der Waals surface area contributed by atoms with E-state index in [1.807, 2.05) is 0 Å². The second-order valence-electron chi connectivity index (χ2n) is 2.64. The summed E-state index contributed by atoms with van der Waals surface area (Å²) >= 11 is 0. The Kier molecular flexibility index (Phi) is 2.43. The van der Waals surface area contributed by atoms with Gasteiger partial charge in [0.05, 0.1) is 18.8 Å². The van der Waals surface area contributed by atoms with Crippen LogP contribution in [0.2, 0.25) is 0 Å². The quantitative estimate of drug-likeness (QED) is 0.396. The lowest BCUT2D eigenvalue weighted by Crippen LogP contribution is -2.34. The van der Waals surface area contributed by atoms with Crippen molar-refractivity contribution in [1.82, 2.24) is 4.90 Å². The highest BCUT2D eigenvalue weighted by Crippen LogP contribution is 2.08. The Morgan fingerprint density at radius 2 is 1.91 bits per heavy atom. The normalized spacial score (nSPS) is 31.0. The lowest BCUT2D eigenvalue weighted by Gasteiger charge is -2.12. The predicted octanol–water partition coefficient (Wildman–Crippen LogP) is -2.49. The van der Waals surface area contributed by atoms with Gasteiger partial charge in [-0.1, -0.05) is 0 Å². The van der Waals surface area contributed by atoms with Crippen LogP contribution in [0.5, 0.6) is 0 Å². The summed E-state index contributed by atoms with van der Waals surface area (Å²) in [5, 5.41) is 18.1. The summed E-state index contributed by atoms with van der Waals surface area (Å²) in [7, 11) is 0. The van der Waals surface area contributed by atoms with Gasteiger partial charge in [-0.3, -0.25) is 4.79 Å². The van der Waals surface area contributed by atoms with Crippen molar-refractivity contribution in [3.05, 3.63) is 0 Å². The minimum atomic E-state index is -0.814. The van der Waals surface area contributed by atoms with Crippen molar-refractivity contribution in [1.29, 1.82) is 0 Å². The van der Waals surface area contributed by atoms with Crippen molar-refractivity contribution in [2.75, 3.05) is 19.6 Å². The van der Waals surface area contributed by atoms with Gasteiger partial charge in [-0.15, -0.1) is 0 Å². The molecule has 2 unspecified atom stereocenters. The molecular formula is C6H12N2O3. The number of carbonyl (C=O) groups is 1.